The van der Waals surface area contributed by atoms with Gasteiger partial charge in [0.1, 0.15) is 71.7 Å². The molecule has 22 nitrogen and oxygen atoms in total. The van der Waals surface area contributed by atoms with Gasteiger partial charge in [-0.3, -0.25) is 29.0 Å². The highest BCUT2D eigenvalue weighted by atomic mass is 16.7. The molecule has 534 valence electrons. The van der Waals surface area contributed by atoms with Gasteiger partial charge < -0.3 is 74.5 Å². The van der Waals surface area contributed by atoms with Crippen LogP contribution in [0, 0.1) is 5.92 Å². The summed E-state index contributed by atoms with van der Waals surface area (Å²) in [6.45, 7) is 16.2. The number of esters is 1. The maximum Gasteiger partial charge on any atom is 0.328 e. The van der Waals surface area contributed by atoms with E-state index in [9.17, 15) is 19.2 Å². The Morgan fingerprint density at radius 3 is 1.60 bits per heavy atom. The first-order valence-electron chi connectivity index (χ1n) is 33.8. The van der Waals surface area contributed by atoms with E-state index in [1.165, 1.54) is 14.2 Å². The van der Waals surface area contributed by atoms with E-state index in [0.29, 0.717) is 39.2 Å². The van der Waals surface area contributed by atoms with Gasteiger partial charge >= 0.3 is 5.97 Å². The number of nitrogens with zero attached hydrogens (tertiary/aromatic N) is 1. The van der Waals surface area contributed by atoms with Gasteiger partial charge in [0.2, 0.25) is 29.5 Å². The molecule has 0 saturated carbocycles. The van der Waals surface area contributed by atoms with E-state index >= 15 is 9.59 Å². The van der Waals surface area contributed by atoms with Crippen molar-refractivity contribution in [2.75, 3.05) is 33.2 Å². The molecule has 2 heterocycles. The molecule has 1 aliphatic rings. The third-order valence-electron chi connectivity index (χ3n) is 16.4. The Hall–Kier alpha value is -9.29. The molecule has 1 aromatic heterocycles. The van der Waals surface area contributed by atoms with Crippen LogP contribution < -0.4 is 41.4 Å². The van der Waals surface area contributed by atoms with Crippen LogP contribution in [0.5, 0.6) is 11.5 Å². The van der Waals surface area contributed by atoms with Gasteiger partial charge in [-0.2, -0.15) is 0 Å². The Kier molecular flexibility index (Phi) is 28.1. The number of pyridine rings is 1. The van der Waals surface area contributed by atoms with Crippen LogP contribution in [-0.2, 0) is 94.6 Å². The Morgan fingerprint density at radius 1 is 0.530 bits per heavy atom. The Balaban J connectivity index is 1.09. The first-order chi connectivity index (χ1) is 47.9. The summed E-state index contributed by atoms with van der Waals surface area (Å²) in [4.78, 5) is 92.7. The van der Waals surface area contributed by atoms with Crippen molar-refractivity contribution >= 4 is 52.1 Å². The highest BCUT2D eigenvalue weighted by Crippen LogP contribution is 2.36. The minimum absolute atomic E-state index is 0.0396. The van der Waals surface area contributed by atoms with Crippen molar-refractivity contribution in [1.82, 2.24) is 31.6 Å². The predicted octanol–water partition coefficient (Wildman–Crippen LogP) is 9.29. The van der Waals surface area contributed by atoms with Crippen molar-refractivity contribution < 1.29 is 71.4 Å². The van der Waals surface area contributed by atoms with E-state index < -0.39 is 120 Å². The number of aromatic nitrogens is 1. The standard InChI is InChI=1S/C78H97N7O15/c1-49(2)42-59(72(88)82-60(43-51-26-17-13-18-27-51)71(87)80-45-63(86)85-64(50(3)99-77(4,5)6)73(89)84-61(75(91)93-11)44-52-35-37-56(38-36-52)100-78(7,8)9)83-74(90)66(81-58-39-40-62(92-10)57-34-25-41-79-65(57)58)67-68(95-46-53-28-19-14-20-29-53)69(96-47-54-30-21-15-22-31-54)70(76(94-12)98-67)97-48-55-32-23-16-24-33-55/h13-41,49-50,59-61,64,66-70,76,81H,42-48H2,1-12H3,(H,80,87)(H,82,88)(H,83,90)(H,84,89)(H,85,86)/t50-,59-,60-,61-,64+,66-,67+,68+,69-,70-,76-/m0/s1. The highest BCUT2D eigenvalue weighted by molar-refractivity contribution is 5.99. The molecule has 1 aliphatic heterocycles. The fourth-order valence-electron chi connectivity index (χ4n) is 11.8. The van der Waals surface area contributed by atoms with E-state index in [0.717, 1.165) is 16.7 Å². The van der Waals surface area contributed by atoms with E-state index in [-0.39, 0.29) is 45.0 Å². The lowest BCUT2D eigenvalue weighted by Crippen LogP contribution is -2.67. The molecule has 7 aromatic rings. The third kappa shape index (κ3) is 22.9. The molecule has 8 rings (SSSR count). The van der Waals surface area contributed by atoms with Crippen LogP contribution in [-0.4, -0.2) is 147 Å². The van der Waals surface area contributed by atoms with E-state index in [4.69, 9.17) is 47.6 Å². The van der Waals surface area contributed by atoms with Crippen LogP contribution in [0.4, 0.5) is 5.69 Å². The number of amides is 5. The number of nitrogens with one attached hydrogen (secondary N) is 6. The molecule has 0 unspecified atom stereocenters. The van der Waals surface area contributed by atoms with Crippen LogP contribution in [0.2, 0.25) is 0 Å². The molecule has 1 saturated heterocycles. The summed E-state index contributed by atoms with van der Waals surface area (Å²) in [5, 5.41) is 18.3. The van der Waals surface area contributed by atoms with Crippen LogP contribution in [0.1, 0.15) is 96.6 Å². The number of carbonyl (C=O) groups is 6. The van der Waals surface area contributed by atoms with Gasteiger partial charge in [-0.05, 0) is 125 Å². The fourth-order valence-corrected chi connectivity index (χ4v) is 11.8. The van der Waals surface area contributed by atoms with Gasteiger partial charge in [0, 0.05) is 31.5 Å². The van der Waals surface area contributed by atoms with Crippen LogP contribution in [0.15, 0.2) is 176 Å². The van der Waals surface area contributed by atoms with E-state index in [1.54, 1.807) is 108 Å². The minimum atomic E-state index is -1.43. The van der Waals surface area contributed by atoms with Crippen molar-refractivity contribution in [1.29, 1.82) is 0 Å². The van der Waals surface area contributed by atoms with E-state index in [1.807, 2.05) is 138 Å². The third-order valence-corrected chi connectivity index (χ3v) is 16.4. The number of rotatable bonds is 34. The summed E-state index contributed by atoms with van der Waals surface area (Å²) >= 11 is 0. The second-order valence-electron chi connectivity index (χ2n) is 27.1. The van der Waals surface area contributed by atoms with Gasteiger partial charge in [0.05, 0.1) is 63.5 Å². The second kappa shape index (κ2) is 36.7. The monoisotopic (exact) mass is 1370 g/mol. The number of benzene rings is 6. The van der Waals surface area contributed by atoms with E-state index in [2.05, 4.69) is 31.9 Å². The second-order valence-corrected chi connectivity index (χ2v) is 27.1. The lowest BCUT2D eigenvalue weighted by Gasteiger charge is -2.47. The fraction of sp³-hybridized carbons (Fsp3) is 0.423. The molecule has 5 amide bonds. The number of fused-ring (bicyclic) bond motifs is 1. The normalized spacial score (nSPS) is 18.0. The summed E-state index contributed by atoms with van der Waals surface area (Å²) in [6, 6.07) is 45.4. The maximum atomic E-state index is 16.0. The van der Waals surface area contributed by atoms with Gasteiger partial charge in [0.25, 0.3) is 0 Å². The average Bonchev–Trinajstić information content (AvgIpc) is 0.768. The average molecular weight is 1370 g/mol. The number of methoxy groups -OCH3 is 3. The zero-order chi connectivity index (χ0) is 71.9. The van der Waals surface area contributed by atoms with Crippen molar-refractivity contribution in [3.63, 3.8) is 0 Å². The Bertz CT molecular complexity index is 3750. The molecule has 1 fully saturated rings. The van der Waals surface area contributed by atoms with Crippen LogP contribution >= 0.6 is 0 Å². The molecule has 0 spiro atoms. The number of ether oxygens (including phenoxy) is 9. The first-order valence-corrected chi connectivity index (χ1v) is 33.8. The summed E-state index contributed by atoms with van der Waals surface area (Å²) in [5.41, 5.74) is 3.55. The molecule has 6 aromatic carbocycles. The number of hydrogen-bond donors (Lipinski definition) is 6. The lowest BCUT2D eigenvalue weighted by molar-refractivity contribution is -0.318. The molecule has 0 radical (unpaired) electrons. The lowest BCUT2D eigenvalue weighted by atomic mass is 9.91. The molecule has 100 heavy (non-hydrogen) atoms. The topological polar surface area (TPSA) is 271 Å². The summed E-state index contributed by atoms with van der Waals surface area (Å²) in [7, 11) is 4.25. The smallest absolute Gasteiger partial charge is 0.328 e. The van der Waals surface area contributed by atoms with Gasteiger partial charge in [-0.1, -0.05) is 147 Å². The molecule has 22 heteroatoms. The van der Waals surface area contributed by atoms with Crippen molar-refractivity contribution in [3.8, 4) is 11.5 Å². The van der Waals surface area contributed by atoms with Crippen LogP contribution in [0.25, 0.3) is 10.9 Å². The SMILES string of the molecule is COC(=O)[C@H](Cc1ccc(OC(C)(C)C)cc1)NC(=O)[C@H](NC(=O)CNC(=O)[C@H](Cc1ccccc1)NC(=O)[C@H](CC(C)C)NC(=O)[C@@H](Nc1ccc(OC)c2cccnc12)[C@H]1O[C@H](OC)[C@@H](OCc2ccccc2)[C@@H](OCc2ccccc2)[C@@H]1OCc1ccccc1)[C@H](C)OC(C)(C)C. The zero-order valence-electron chi connectivity index (χ0n) is 59.2. The zero-order valence-corrected chi connectivity index (χ0v) is 59.2. The minimum Gasteiger partial charge on any atom is -0.496 e. The Labute approximate surface area is 586 Å². The van der Waals surface area contributed by atoms with Crippen molar-refractivity contribution in [2.45, 2.75) is 180 Å². The summed E-state index contributed by atoms with van der Waals surface area (Å²) in [6.07, 6.45) is -4.73. The molecular weight excluding hydrogens is 1270 g/mol. The van der Waals surface area contributed by atoms with Gasteiger partial charge in [-0.15, -0.1) is 0 Å². The quantitative estimate of drug-likeness (QED) is 0.0205. The molecule has 11 atom stereocenters. The number of carbonyl (C=O) groups excluding carboxylic acids is 6. The molecule has 6 N–H and O–H groups in total. The highest BCUT2D eigenvalue weighted by Gasteiger charge is 2.53. The summed E-state index contributed by atoms with van der Waals surface area (Å²) < 4.78 is 57.1. The predicted molar refractivity (Wildman–Crippen MR) is 380 cm³/mol. The molecular formula is C78H97N7O15. The largest absolute Gasteiger partial charge is 0.496 e. The van der Waals surface area contributed by atoms with Gasteiger partial charge in [-0.25, -0.2) is 4.79 Å². The Morgan fingerprint density at radius 2 is 1.06 bits per heavy atom. The molecule has 0 bridgehead atoms. The van der Waals surface area contributed by atoms with Crippen LogP contribution in [0.3, 0.4) is 0 Å². The van der Waals surface area contributed by atoms with Crippen molar-refractivity contribution in [2.24, 2.45) is 5.92 Å². The maximum absolute atomic E-state index is 16.0. The first kappa shape index (κ1) is 76.5. The van der Waals surface area contributed by atoms with Crippen molar-refractivity contribution in [3.05, 3.63) is 204 Å². The number of hydrogen-bond acceptors (Lipinski definition) is 17. The number of anilines is 1. The van der Waals surface area contributed by atoms with Gasteiger partial charge in [0.15, 0.2) is 6.29 Å². The molecule has 0 aliphatic carbocycles. The summed E-state index contributed by atoms with van der Waals surface area (Å²) in [5.74, 6) is -3.50.